The summed E-state index contributed by atoms with van der Waals surface area (Å²) in [6, 6.07) is 21.4. The van der Waals surface area contributed by atoms with Crippen LogP contribution in [0.15, 0.2) is 76.0 Å². The SMILES string of the molecule is CCC[CH2][Sn](/[CH]=C/CO[C@H]1/C(=N/OC)[C@H](O[Si](c2ccccc2)(c2ccccc2)C(C)(C)C)[C@H]2CO[C@@H]1O2)([CH2]CCC)[CH2]CCC. The third-order valence-corrected chi connectivity index (χ3v) is 29.0. The first-order valence-electron chi connectivity index (χ1n) is 17.7. The van der Waals surface area contributed by atoms with Crippen molar-refractivity contribution in [2.75, 3.05) is 20.3 Å². The number of ether oxygens (including phenoxy) is 3. The van der Waals surface area contributed by atoms with Crippen LogP contribution in [-0.2, 0) is 23.5 Å². The molecule has 4 rings (SSSR count). The molecule has 2 aliphatic heterocycles. The number of hydrogen-bond acceptors (Lipinski definition) is 6. The Bertz CT molecular complexity index is 1170. The van der Waals surface area contributed by atoms with Gasteiger partial charge in [0.15, 0.2) is 0 Å². The van der Waals surface area contributed by atoms with Gasteiger partial charge in [0, 0.05) is 0 Å². The summed E-state index contributed by atoms with van der Waals surface area (Å²) in [4.78, 5) is 5.50. The molecule has 0 aromatic heterocycles. The van der Waals surface area contributed by atoms with Crippen molar-refractivity contribution in [2.24, 2.45) is 5.16 Å². The van der Waals surface area contributed by atoms with Gasteiger partial charge in [-0.2, -0.15) is 0 Å². The van der Waals surface area contributed by atoms with E-state index in [1.807, 2.05) is 0 Å². The van der Waals surface area contributed by atoms with Gasteiger partial charge >= 0.3 is 273 Å². The fraction of sp³-hybridized carbons (Fsp3) is 0.605. The van der Waals surface area contributed by atoms with Gasteiger partial charge in [-0.15, -0.1) is 0 Å². The van der Waals surface area contributed by atoms with Crippen LogP contribution in [0.4, 0.5) is 0 Å². The van der Waals surface area contributed by atoms with Crippen molar-refractivity contribution in [3.63, 3.8) is 0 Å². The van der Waals surface area contributed by atoms with Crippen LogP contribution in [0, 0.1) is 0 Å². The third kappa shape index (κ3) is 8.75. The second-order valence-electron chi connectivity index (χ2n) is 14.1. The number of hydrogen-bond donors (Lipinski definition) is 0. The number of fused-ring (bicyclic) bond motifs is 2. The quantitative estimate of drug-likeness (QED) is 0.114. The molecule has 0 unspecified atom stereocenters. The molecule has 0 spiro atoms. The van der Waals surface area contributed by atoms with E-state index in [-0.39, 0.29) is 11.1 Å². The van der Waals surface area contributed by atoms with E-state index in [0.717, 1.165) is 5.71 Å². The zero-order valence-corrected chi connectivity index (χ0v) is 33.4. The minimum absolute atomic E-state index is 0.199. The summed E-state index contributed by atoms with van der Waals surface area (Å²) in [6.07, 6.45) is 8.34. The molecule has 2 bridgehead atoms. The molecule has 0 aliphatic carbocycles. The number of oxime groups is 1. The Morgan fingerprint density at radius 1 is 0.848 bits per heavy atom. The fourth-order valence-electron chi connectivity index (χ4n) is 7.31. The molecule has 254 valence electrons. The molecule has 2 aromatic rings. The summed E-state index contributed by atoms with van der Waals surface area (Å²) in [6.45, 7) is 14.8. The molecular formula is C38H59NO5SiSn. The van der Waals surface area contributed by atoms with Gasteiger partial charge in [-0.25, -0.2) is 0 Å². The van der Waals surface area contributed by atoms with Gasteiger partial charge in [-0.05, 0) is 0 Å². The zero-order valence-electron chi connectivity index (χ0n) is 29.5. The summed E-state index contributed by atoms with van der Waals surface area (Å²) in [5.74, 6) is 0. The number of benzene rings is 2. The van der Waals surface area contributed by atoms with Crippen LogP contribution in [-0.4, -0.2) is 77.3 Å². The summed E-state index contributed by atoms with van der Waals surface area (Å²) in [5.41, 5.74) is 0.723. The molecule has 2 fully saturated rings. The van der Waals surface area contributed by atoms with E-state index in [1.165, 1.54) is 62.2 Å². The van der Waals surface area contributed by atoms with Crippen LogP contribution < -0.4 is 10.4 Å². The van der Waals surface area contributed by atoms with Crippen LogP contribution in [0.5, 0.6) is 0 Å². The Morgan fingerprint density at radius 2 is 1.39 bits per heavy atom. The van der Waals surface area contributed by atoms with Crippen LogP contribution >= 0.6 is 0 Å². The minimum atomic E-state index is -2.91. The van der Waals surface area contributed by atoms with E-state index in [1.54, 1.807) is 7.11 Å². The van der Waals surface area contributed by atoms with E-state index < -0.39 is 45.2 Å². The van der Waals surface area contributed by atoms with Gasteiger partial charge < -0.3 is 0 Å². The summed E-state index contributed by atoms with van der Waals surface area (Å²) < 4.78 is 33.9. The standard InChI is InChI=1S/C26H32NO5Si.3C4H9.Sn/c1-6-17-29-24-22(27-28-5)23(21-18-30-25(24)31-21)32-33(26(2,3)4,19-13-9-7-10-14-19)20-15-11-8-12-16-20;3*1-3-4-2;/h1,6-16,21,23-25H,17-18H2,2-5H3;3*1,3-4H2,2H3;/b6-1?,27-22+;;;;/t21-,23-,24+,25-;;;;/m1..../s1. The molecule has 2 heterocycles. The second-order valence-corrected chi connectivity index (χ2v) is 31.4. The average molecular weight is 757 g/mol. The predicted octanol–water partition coefficient (Wildman–Crippen LogP) is 8.02. The Hall–Kier alpha value is -1.49. The molecule has 2 aliphatic rings. The van der Waals surface area contributed by atoms with Crippen LogP contribution in [0.1, 0.15) is 80.1 Å². The second kappa shape index (κ2) is 17.8. The maximum absolute atomic E-state index is 7.57. The summed E-state index contributed by atoms with van der Waals surface area (Å²) in [5, 5.41) is 6.83. The van der Waals surface area contributed by atoms with Crippen molar-refractivity contribution in [1.82, 2.24) is 0 Å². The predicted molar refractivity (Wildman–Crippen MR) is 195 cm³/mol. The van der Waals surface area contributed by atoms with Gasteiger partial charge in [0.05, 0.1) is 0 Å². The topological polar surface area (TPSA) is 58.5 Å². The van der Waals surface area contributed by atoms with Gasteiger partial charge in [0.1, 0.15) is 0 Å². The molecule has 0 amide bonds. The fourth-order valence-corrected chi connectivity index (χ4v) is 26.3. The first kappa shape index (κ1) is 37.3. The number of nitrogens with zero attached hydrogens (tertiary/aromatic N) is 1. The molecule has 0 radical (unpaired) electrons. The van der Waals surface area contributed by atoms with Gasteiger partial charge in [0.25, 0.3) is 0 Å². The van der Waals surface area contributed by atoms with Crippen LogP contribution in [0.2, 0.25) is 18.3 Å². The van der Waals surface area contributed by atoms with Crippen molar-refractivity contribution in [3.8, 4) is 0 Å². The van der Waals surface area contributed by atoms with Crippen molar-refractivity contribution < 1.29 is 23.5 Å². The van der Waals surface area contributed by atoms with Gasteiger partial charge in [-0.1, -0.05) is 12.1 Å². The molecule has 2 saturated heterocycles. The third-order valence-electron chi connectivity index (χ3n) is 9.75. The Kier molecular flexibility index (Phi) is 14.4. The van der Waals surface area contributed by atoms with Crippen molar-refractivity contribution in [2.45, 2.75) is 123 Å². The Labute approximate surface area is 284 Å². The van der Waals surface area contributed by atoms with E-state index in [4.69, 9.17) is 23.5 Å². The first-order chi connectivity index (χ1) is 22.2. The van der Waals surface area contributed by atoms with Crippen LogP contribution in [0.3, 0.4) is 0 Å². The Morgan fingerprint density at radius 3 is 1.87 bits per heavy atom. The molecule has 6 nitrogen and oxygen atoms in total. The van der Waals surface area contributed by atoms with Crippen molar-refractivity contribution in [3.05, 3.63) is 70.8 Å². The van der Waals surface area contributed by atoms with Crippen LogP contribution in [0.25, 0.3) is 0 Å². The average Bonchev–Trinajstić information content (AvgIpc) is 3.50. The van der Waals surface area contributed by atoms with E-state index in [9.17, 15) is 0 Å². The molecule has 46 heavy (non-hydrogen) atoms. The molecule has 4 atom stereocenters. The maximum atomic E-state index is 7.57. The number of unbranched alkanes of at least 4 members (excludes halogenated alkanes) is 3. The molecule has 8 heteroatoms. The van der Waals surface area contributed by atoms with Gasteiger partial charge in [0.2, 0.25) is 0 Å². The van der Waals surface area contributed by atoms with Crippen molar-refractivity contribution in [1.29, 1.82) is 0 Å². The van der Waals surface area contributed by atoms with Crippen molar-refractivity contribution >= 4 is 42.8 Å². The molecule has 2 aromatic carbocycles. The monoisotopic (exact) mass is 757 g/mol. The van der Waals surface area contributed by atoms with E-state index >= 15 is 0 Å². The molecule has 0 N–H and O–H groups in total. The van der Waals surface area contributed by atoms with Gasteiger partial charge in [-0.3, -0.25) is 0 Å². The first-order valence-corrected chi connectivity index (χ1v) is 27.3. The summed E-state index contributed by atoms with van der Waals surface area (Å²) >= 11 is -2.43. The zero-order chi connectivity index (χ0) is 33.0. The van der Waals surface area contributed by atoms with E-state index in [0.29, 0.717) is 13.2 Å². The summed E-state index contributed by atoms with van der Waals surface area (Å²) in [7, 11) is -1.31. The normalized spacial score (nSPS) is 23.0. The molecular weight excluding hydrogens is 697 g/mol. The van der Waals surface area contributed by atoms with E-state index in [2.05, 4.69) is 118 Å². The Balaban J connectivity index is 1.66. The number of rotatable bonds is 18. The molecule has 0 saturated carbocycles.